The molecule has 38 heavy (non-hydrogen) atoms. The monoisotopic (exact) mass is 547 g/mol. The molecule has 2 aromatic heterocycles. The zero-order valence-corrected chi connectivity index (χ0v) is 22.3. The summed E-state index contributed by atoms with van der Waals surface area (Å²) in [7, 11) is 0. The van der Waals surface area contributed by atoms with E-state index in [2.05, 4.69) is 33.4 Å². The third-order valence-electron chi connectivity index (χ3n) is 7.60. The van der Waals surface area contributed by atoms with E-state index in [1.54, 1.807) is 35.7 Å². The molecule has 1 spiro atoms. The van der Waals surface area contributed by atoms with Crippen LogP contribution in [0.3, 0.4) is 0 Å². The minimum Gasteiger partial charge on any atom is -0.334 e. The van der Waals surface area contributed by atoms with Gasteiger partial charge in [-0.1, -0.05) is 35.9 Å². The Hall–Kier alpha value is -3.33. The molecule has 0 aliphatic carbocycles. The van der Waals surface area contributed by atoms with E-state index in [0.717, 1.165) is 59.5 Å². The van der Waals surface area contributed by atoms with Crippen molar-refractivity contribution in [1.29, 1.82) is 0 Å². The fourth-order valence-electron chi connectivity index (χ4n) is 5.63. The van der Waals surface area contributed by atoms with Crippen molar-refractivity contribution in [2.75, 3.05) is 31.1 Å². The molecule has 6 nitrogen and oxygen atoms in total. The Morgan fingerprint density at radius 1 is 1.13 bits per heavy atom. The van der Waals surface area contributed by atoms with E-state index < -0.39 is 0 Å². The highest BCUT2D eigenvalue weighted by Crippen LogP contribution is 2.50. The lowest BCUT2D eigenvalue weighted by Gasteiger charge is -2.39. The molecular weight excluding hydrogens is 521 g/mol. The molecular formula is C29H27ClFN5OS. The first kappa shape index (κ1) is 25.0. The standard InChI is InChI=1S/C29H27ClFN5OS/c30-25-16-21(9-12-32-25)17-33-28(37)36-18-29(26-23(36)7-8-24-27(26)34-19-38-24)10-14-35(15-11-29)13-1-2-20-3-5-22(31)6-4-20/h1-9,12,16,19H,10-11,13-15,17-18H2,(H,33,37)/b2-1+. The minimum absolute atomic E-state index is 0.115. The van der Waals surface area contributed by atoms with Gasteiger partial charge in [-0.3, -0.25) is 9.80 Å². The second-order valence-electron chi connectivity index (χ2n) is 9.93. The summed E-state index contributed by atoms with van der Waals surface area (Å²) in [5.41, 5.74) is 6.85. The maximum Gasteiger partial charge on any atom is 0.322 e. The summed E-state index contributed by atoms with van der Waals surface area (Å²) in [6.07, 6.45) is 7.72. The van der Waals surface area contributed by atoms with Crippen LogP contribution in [0.5, 0.6) is 0 Å². The quantitative estimate of drug-likeness (QED) is 0.300. The van der Waals surface area contributed by atoms with Gasteiger partial charge in [0.05, 0.1) is 21.4 Å². The van der Waals surface area contributed by atoms with Crippen LogP contribution in [0, 0.1) is 5.82 Å². The maximum absolute atomic E-state index is 13.4. The Labute approximate surface area is 229 Å². The molecule has 1 saturated heterocycles. The molecule has 9 heteroatoms. The van der Waals surface area contributed by atoms with E-state index in [4.69, 9.17) is 16.6 Å². The maximum atomic E-state index is 13.4. The number of carbonyl (C=O) groups excluding carboxylic acids is 1. The Balaban J connectivity index is 1.18. The van der Waals surface area contributed by atoms with Crippen molar-refractivity contribution >= 4 is 50.9 Å². The summed E-state index contributed by atoms with van der Waals surface area (Å²) in [6.45, 7) is 3.71. The first-order chi connectivity index (χ1) is 18.5. The number of fused-ring (bicyclic) bond motifs is 4. The van der Waals surface area contributed by atoms with Gasteiger partial charge < -0.3 is 5.32 Å². The molecule has 0 saturated carbocycles. The molecule has 0 radical (unpaired) electrons. The van der Waals surface area contributed by atoms with Crippen molar-refractivity contribution in [2.45, 2.75) is 24.8 Å². The molecule has 4 heterocycles. The van der Waals surface area contributed by atoms with Crippen LogP contribution in [0.25, 0.3) is 16.3 Å². The van der Waals surface area contributed by atoms with Gasteiger partial charge in [-0.25, -0.2) is 19.2 Å². The van der Waals surface area contributed by atoms with Gasteiger partial charge in [-0.15, -0.1) is 11.3 Å². The molecule has 0 bridgehead atoms. The number of piperidine rings is 1. The average molecular weight is 548 g/mol. The van der Waals surface area contributed by atoms with Gasteiger partial charge in [-0.05, 0) is 73.5 Å². The third kappa shape index (κ3) is 4.91. The minimum atomic E-state index is -0.223. The Kier molecular flexibility index (Phi) is 6.86. The number of amides is 2. The molecule has 1 N–H and O–H groups in total. The number of thiazole rings is 1. The van der Waals surface area contributed by atoms with Crippen LogP contribution in [0.15, 0.2) is 66.3 Å². The largest absolute Gasteiger partial charge is 0.334 e. The number of nitrogens with one attached hydrogen (secondary N) is 1. The Bertz CT molecular complexity index is 1500. The van der Waals surface area contributed by atoms with Gasteiger partial charge in [0.15, 0.2) is 0 Å². The molecule has 2 aromatic carbocycles. The summed E-state index contributed by atoms with van der Waals surface area (Å²) < 4.78 is 14.3. The number of rotatable bonds is 5. The fourth-order valence-corrected chi connectivity index (χ4v) is 6.51. The van der Waals surface area contributed by atoms with Crippen molar-refractivity contribution in [3.63, 3.8) is 0 Å². The lowest BCUT2D eigenvalue weighted by Crippen LogP contribution is -2.47. The zero-order chi connectivity index (χ0) is 26.1. The average Bonchev–Trinajstić information content (AvgIpc) is 3.53. The number of likely N-dealkylation sites (tertiary alicyclic amines) is 1. The lowest BCUT2D eigenvalue weighted by atomic mass is 9.74. The second-order valence-corrected chi connectivity index (χ2v) is 11.2. The van der Waals surface area contributed by atoms with Gasteiger partial charge in [0.25, 0.3) is 0 Å². The van der Waals surface area contributed by atoms with Gasteiger partial charge >= 0.3 is 6.03 Å². The topological polar surface area (TPSA) is 61.4 Å². The van der Waals surface area contributed by atoms with Gasteiger partial charge in [-0.2, -0.15) is 0 Å². The molecule has 4 aromatic rings. The van der Waals surface area contributed by atoms with E-state index in [9.17, 15) is 9.18 Å². The first-order valence-electron chi connectivity index (χ1n) is 12.7. The number of halogens is 2. The smallest absolute Gasteiger partial charge is 0.322 e. The highest BCUT2D eigenvalue weighted by atomic mass is 35.5. The number of hydrogen-bond acceptors (Lipinski definition) is 5. The van der Waals surface area contributed by atoms with Crippen LogP contribution >= 0.6 is 22.9 Å². The summed E-state index contributed by atoms with van der Waals surface area (Å²) in [5.74, 6) is -0.223. The molecule has 2 aliphatic rings. The summed E-state index contributed by atoms with van der Waals surface area (Å²) in [6, 6.07) is 14.2. The van der Waals surface area contributed by atoms with Crippen LogP contribution in [0.4, 0.5) is 14.9 Å². The van der Waals surface area contributed by atoms with Crippen LogP contribution in [-0.4, -0.2) is 47.1 Å². The molecule has 2 amide bonds. The van der Waals surface area contributed by atoms with E-state index in [0.29, 0.717) is 18.2 Å². The van der Waals surface area contributed by atoms with Crippen molar-refractivity contribution in [3.8, 4) is 0 Å². The lowest BCUT2D eigenvalue weighted by molar-refractivity contribution is 0.180. The number of carbonyl (C=O) groups is 1. The Morgan fingerprint density at radius 3 is 2.74 bits per heavy atom. The third-order valence-corrected chi connectivity index (χ3v) is 8.60. The molecule has 6 rings (SSSR count). The van der Waals surface area contributed by atoms with Crippen molar-refractivity contribution < 1.29 is 9.18 Å². The van der Waals surface area contributed by atoms with E-state index >= 15 is 0 Å². The van der Waals surface area contributed by atoms with Gasteiger partial charge in [0.2, 0.25) is 0 Å². The molecule has 0 unspecified atom stereocenters. The summed E-state index contributed by atoms with van der Waals surface area (Å²) >= 11 is 7.65. The zero-order valence-electron chi connectivity index (χ0n) is 20.7. The number of urea groups is 1. The number of anilines is 1. The van der Waals surface area contributed by atoms with Gasteiger partial charge in [0.1, 0.15) is 11.0 Å². The molecule has 194 valence electrons. The van der Waals surface area contributed by atoms with Crippen molar-refractivity contribution in [3.05, 3.63) is 94.0 Å². The van der Waals surface area contributed by atoms with E-state index in [1.165, 1.54) is 17.7 Å². The summed E-state index contributed by atoms with van der Waals surface area (Å²) in [5, 5.41) is 3.48. The molecule has 0 atom stereocenters. The number of nitrogens with zero attached hydrogens (tertiary/aromatic N) is 4. The van der Waals surface area contributed by atoms with Crippen LogP contribution in [0.1, 0.15) is 29.5 Å². The first-order valence-corrected chi connectivity index (χ1v) is 13.9. The second kappa shape index (κ2) is 10.4. The van der Waals surface area contributed by atoms with Crippen LogP contribution < -0.4 is 10.2 Å². The van der Waals surface area contributed by atoms with Crippen LogP contribution in [-0.2, 0) is 12.0 Å². The fraction of sp³-hybridized carbons (Fsp3) is 0.276. The molecule has 1 fully saturated rings. The highest BCUT2D eigenvalue weighted by molar-refractivity contribution is 7.16. The van der Waals surface area contributed by atoms with E-state index in [-0.39, 0.29) is 17.3 Å². The summed E-state index contributed by atoms with van der Waals surface area (Å²) in [4.78, 5) is 26.5. The number of aromatic nitrogens is 2. The molecule has 2 aliphatic heterocycles. The predicted octanol–water partition coefficient (Wildman–Crippen LogP) is 6.26. The van der Waals surface area contributed by atoms with Crippen molar-refractivity contribution in [1.82, 2.24) is 20.2 Å². The van der Waals surface area contributed by atoms with Crippen LogP contribution in [0.2, 0.25) is 5.15 Å². The highest BCUT2D eigenvalue weighted by Gasteiger charge is 2.47. The number of benzene rings is 2. The van der Waals surface area contributed by atoms with E-state index in [1.807, 2.05) is 22.6 Å². The SMILES string of the molecule is O=C(NCc1ccnc(Cl)c1)N1CC2(CCN(C/C=C/c3ccc(F)cc3)CC2)c2c1ccc1scnc21. The number of hydrogen-bond donors (Lipinski definition) is 1. The predicted molar refractivity (Wildman–Crippen MR) is 151 cm³/mol. The normalized spacial score (nSPS) is 16.9. The Morgan fingerprint density at radius 2 is 1.95 bits per heavy atom. The number of pyridine rings is 1. The van der Waals surface area contributed by atoms with Crippen molar-refractivity contribution in [2.24, 2.45) is 0 Å². The van der Waals surface area contributed by atoms with Gasteiger partial charge in [0, 0.05) is 36.8 Å².